The maximum atomic E-state index is 13.3. The van der Waals surface area contributed by atoms with E-state index in [9.17, 15) is 9.59 Å². The summed E-state index contributed by atoms with van der Waals surface area (Å²) in [6.45, 7) is 21.3. The van der Waals surface area contributed by atoms with Crippen molar-refractivity contribution in [3.05, 3.63) is 41.0 Å². The van der Waals surface area contributed by atoms with Crippen LogP contribution in [-0.2, 0) is 25.1 Å². The Balaban J connectivity index is 2.45. The first-order valence-electron chi connectivity index (χ1n) is 12.2. The highest BCUT2D eigenvalue weighted by molar-refractivity contribution is 6.74. The highest BCUT2D eigenvalue weighted by atomic mass is 28.4. The number of rotatable bonds is 6. The number of carbonyl (C=O) groups excluding carboxylic acids is 2. The van der Waals surface area contributed by atoms with Crippen molar-refractivity contribution < 1.29 is 23.5 Å². The van der Waals surface area contributed by atoms with Gasteiger partial charge in [-0.25, -0.2) is 9.59 Å². The Bertz CT molecular complexity index is 911. The number of hydrogen-bond acceptors (Lipinski definition) is 5. The summed E-state index contributed by atoms with van der Waals surface area (Å²) in [6.07, 6.45) is 3.56. The van der Waals surface area contributed by atoms with Gasteiger partial charge in [0.05, 0.1) is 25.3 Å². The summed E-state index contributed by atoms with van der Waals surface area (Å²) >= 11 is 0. The topological polar surface area (TPSA) is 65.1 Å². The molecule has 0 fully saturated rings. The summed E-state index contributed by atoms with van der Waals surface area (Å²) in [7, 11) is -2.02. The molecule has 1 aromatic carbocycles. The van der Waals surface area contributed by atoms with Gasteiger partial charge in [0.25, 0.3) is 0 Å². The normalized spacial score (nSPS) is 19.2. The van der Waals surface area contributed by atoms with Gasteiger partial charge in [-0.1, -0.05) is 39.0 Å². The van der Waals surface area contributed by atoms with E-state index in [1.54, 1.807) is 13.0 Å². The molecule has 0 unspecified atom stereocenters. The van der Waals surface area contributed by atoms with Crippen LogP contribution in [0.4, 0.5) is 4.79 Å². The lowest BCUT2D eigenvalue weighted by molar-refractivity contribution is -0.137. The fraction of sp³-hybridized carbons (Fsp3) is 0.630. The highest BCUT2D eigenvalue weighted by Crippen LogP contribution is 2.39. The summed E-state index contributed by atoms with van der Waals surface area (Å²) in [5.41, 5.74) is 2.55. The molecule has 34 heavy (non-hydrogen) atoms. The highest BCUT2D eigenvalue weighted by Gasteiger charge is 2.42. The average molecular weight is 490 g/mol. The lowest BCUT2D eigenvalue weighted by Gasteiger charge is -2.44. The predicted molar refractivity (Wildman–Crippen MR) is 139 cm³/mol. The molecule has 0 N–H and O–H groups in total. The third-order valence-corrected chi connectivity index (χ3v) is 11.2. The lowest BCUT2D eigenvalue weighted by atomic mass is 9.86. The summed E-state index contributed by atoms with van der Waals surface area (Å²) in [4.78, 5) is 27.1. The molecule has 0 aromatic heterocycles. The summed E-state index contributed by atoms with van der Waals surface area (Å²) in [5.74, 6) is -0.364. The number of hydrogen-bond donors (Lipinski definition) is 0. The molecular formula is C27H43NO5Si. The van der Waals surface area contributed by atoms with E-state index in [1.807, 2.05) is 50.8 Å². The van der Waals surface area contributed by atoms with Crippen LogP contribution in [-0.4, -0.2) is 50.1 Å². The Morgan fingerprint density at radius 2 is 1.79 bits per heavy atom. The molecule has 6 nitrogen and oxygen atoms in total. The Hall–Kier alpha value is -2.12. The maximum absolute atomic E-state index is 13.3. The van der Waals surface area contributed by atoms with Crippen molar-refractivity contribution in [1.29, 1.82) is 0 Å². The summed E-state index contributed by atoms with van der Waals surface area (Å²) < 4.78 is 17.4. The van der Waals surface area contributed by atoms with Gasteiger partial charge >= 0.3 is 12.1 Å². The Labute approximate surface area is 206 Å². The second-order valence-electron chi connectivity index (χ2n) is 11.5. The van der Waals surface area contributed by atoms with Gasteiger partial charge in [0.2, 0.25) is 0 Å². The zero-order valence-electron chi connectivity index (χ0n) is 22.7. The molecule has 0 saturated carbocycles. The fourth-order valence-corrected chi connectivity index (χ4v) is 4.88. The first-order valence-corrected chi connectivity index (χ1v) is 15.1. The number of nitrogens with zero attached hydrogens (tertiary/aromatic N) is 1. The number of carbonyl (C=O) groups is 2. The third kappa shape index (κ3) is 6.95. The SMILES string of the molecule is CCOC(=O)/C=C/c1cccc2c1C[C@H](CO[Si](C)(C)C(C)(C)C)N(C(=O)OC(C)(C)C)[C@H]2C. The van der Waals surface area contributed by atoms with Crippen LogP contribution in [0.2, 0.25) is 18.1 Å². The van der Waals surface area contributed by atoms with Gasteiger partial charge in [-0.15, -0.1) is 0 Å². The first-order chi connectivity index (χ1) is 15.6. The summed E-state index contributed by atoms with van der Waals surface area (Å²) in [5, 5.41) is 0.0650. The molecule has 1 heterocycles. The van der Waals surface area contributed by atoms with Gasteiger partial charge in [-0.3, -0.25) is 4.90 Å². The minimum atomic E-state index is -2.02. The van der Waals surface area contributed by atoms with E-state index in [4.69, 9.17) is 13.9 Å². The maximum Gasteiger partial charge on any atom is 0.411 e. The molecule has 2 atom stereocenters. The van der Waals surface area contributed by atoms with Crippen molar-refractivity contribution in [2.75, 3.05) is 13.2 Å². The molecular weight excluding hydrogens is 446 g/mol. The molecule has 0 saturated heterocycles. The van der Waals surface area contributed by atoms with Crippen LogP contribution in [0.1, 0.15) is 78.1 Å². The van der Waals surface area contributed by atoms with E-state index < -0.39 is 13.9 Å². The largest absolute Gasteiger partial charge is 0.463 e. The van der Waals surface area contributed by atoms with E-state index in [-0.39, 0.29) is 29.2 Å². The minimum absolute atomic E-state index is 0.0650. The summed E-state index contributed by atoms with van der Waals surface area (Å²) in [6, 6.07) is 5.63. The molecule has 1 aliphatic rings. The molecule has 1 aromatic rings. The van der Waals surface area contributed by atoms with E-state index in [0.717, 1.165) is 16.7 Å². The lowest BCUT2D eigenvalue weighted by Crippen LogP contribution is -2.52. The van der Waals surface area contributed by atoms with Gasteiger partial charge in [0, 0.05) is 6.08 Å². The van der Waals surface area contributed by atoms with Crippen LogP contribution < -0.4 is 0 Å². The zero-order valence-corrected chi connectivity index (χ0v) is 23.7. The molecule has 190 valence electrons. The van der Waals surface area contributed by atoms with Gasteiger partial charge in [0.1, 0.15) is 5.60 Å². The molecule has 1 aliphatic heterocycles. The van der Waals surface area contributed by atoms with E-state index in [2.05, 4.69) is 33.9 Å². The number of esters is 1. The van der Waals surface area contributed by atoms with Crippen molar-refractivity contribution in [3.8, 4) is 0 Å². The van der Waals surface area contributed by atoms with Crippen molar-refractivity contribution in [2.45, 2.75) is 97.6 Å². The Kier molecular flexibility index (Phi) is 8.81. The van der Waals surface area contributed by atoms with Crippen LogP contribution in [0.3, 0.4) is 0 Å². The Morgan fingerprint density at radius 3 is 2.35 bits per heavy atom. The quantitative estimate of drug-likeness (QED) is 0.259. The molecule has 0 radical (unpaired) electrons. The molecule has 0 aliphatic carbocycles. The van der Waals surface area contributed by atoms with E-state index in [1.165, 1.54) is 6.08 Å². The van der Waals surface area contributed by atoms with Crippen molar-refractivity contribution in [3.63, 3.8) is 0 Å². The van der Waals surface area contributed by atoms with E-state index >= 15 is 0 Å². The van der Waals surface area contributed by atoms with Crippen molar-refractivity contribution in [2.24, 2.45) is 0 Å². The van der Waals surface area contributed by atoms with Crippen molar-refractivity contribution in [1.82, 2.24) is 4.90 Å². The van der Waals surface area contributed by atoms with Crippen LogP contribution in [0.5, 0.6) is 0 Å². The zero-order chi connectivity index (χ0) is 25.9. The molecule has 7 heteroatoms. The monoisotopic (exact) mass is 489 g/mol. The second kappa shape index (κ2) is 10.6. The second-order valence-corrected chi connectivity index (χ2v) is 16.3. The molecule has 1 amide bonds. The molecule has 0 spiro atoms. The van der Waals surface area contributed by atoms with Gasteiger partial charge in [-0.2, -0.15) is 0 Å². The average Bonchev–Trinajstić information content (AvgIpc) is 2.69. The number of amides is 1. The van der Waals surface area contributed by atoms with Gasteiger partial charge < -0.3 is 13.9 Å². The smallest absolute Gasteiger partial charge is 0.411 e. The number of fused-ring (bicyclic) bond motifs is 1. The molecule has 0 bridgehead atoms. The van der Waals surface area contributed by atoms with Crippen molar-refractivity contribution >= 4 is 26.5 Å². The minimum Gasteiger partial charge on any atom is -0.463 e. The molecule has 2 rings (SSSR count). The van der Waals surface area contributed by atoms with Gasteiger partial charge in [0.15, 0.2) is 8.32 Å². The number of benzene rings is 1. The van der Waals surface area contributed by atoms with E-state index in [0.29, 0.717) is 19.6 Å². The Morgan fingerprint density at radius 1 is 1.15 bits per heavy atom. The standard InChI is InChI=1S/C27H43NO5Si/c1-11-31-24(29)16-15-20-13-12-14-22-19(2)28(25(30)33-26(3,4)5)21(17-23(20)22)18-32-34(9,10)27(6,7)8/h12-16,19,21H,11,17-18H2,1-10H3/b16-15+/t19-,21+/m0/s1. The van der Waals surface area contributed by atoms with Crippen LogP contribution in [0.25, 0.3) is 6.08 Å². The number of ether oxygens (including phenoxy) is 2. The fourth-order valence-electron chi connectivity index (χ4n) is 3.84. The van der Waals surface area contributed by atoms with Gasteiger partial charge in [-0.05, 0) is 81.9 Å². The first kappa shape index (κ1) is 28.1. The third-order valence-electron chi connectivity index (χ3n) is 6.68. The van der Waals surface area contributed by atoms with Crippen LogP contribution in [0.15, 0.2) is 24.3 Å². The van der Waals surface area contributed by atoms with Crippen LogP contribution in [0, 0.1) is 0 Å². The predicted octanol–water partition coefficient (Wildman–Crippen LogP) is 6.51. The van der Waals surface area contributed by atoms with Crippen LogP contribution >= 0.6 is 0 Å².